The van der Waals surface area contributed by atoms with Crippen molar-refractivity contribution in [3.05, 3.63) is 22.2 Å². The van der Waals surface area contributed by atoms with Gasteiger partial charge in [0.15, 0.2) is 0 Å². The lowest BCUT2D eigenvalue weighted by Gasteiger charge is -1.99. The van der Waals surface area contributed by atoms with Crippen molar-refractivity contribution in [2.75, 3.05) is 0 Å². The van der Waals surface area contributed by atoms with Gasteiger partial charge >= 0.3 is 0 Å². The van der Waals surface area contributed by atoms with Crippen LogP contribution in [0.5, 0.6) is 11.5 Å². The minimum Gasteiger partial charge on any atom is -0.508 e. The largest absolute Gasteiger partial charge is 0.508 e. The first-order valence-electron chi connectivity index (χ1n) is 2.76. The molecule has 0 heterocycles. The Balaban J connectivity index is 3.39. The number of benzene rings is 1. The van der Waals surface area contributed by atoms with Crippen molar-refractivity contribution in [2.24, 2.45) is 0 Å². The third-order valence-electron chi connectivity index (χ3n) is 1.17. The van der Waals surface area contributed by atoms with Crippen molar-refractivity contribution < 1.29 is 10.2 Å². The fourth-order valence-electron chi connectivity index (χ4n) is 0.670. The highest BCUT2D eigenvalue weighted by Gasteiger charge is 2.05. The van der Waals surface area contributed by atoms with Crippen LogP contribution in [-0.4, -0.2) is 10.2 Å². The minimum absolute atomic E-state index is 0.0498. The lowest BCUT2D eigenvalue weighted by Crippen LogP contribution is -1.77. The summed E-state index contributed by atoms with van der Waals surface area (Å²) in [5.74, 6) is -0.198. The Morgan fingerprint density at radius 2 is 2.00 bits per heavy atom. The van der Waals surface area contributed by atoms with Gasteiger partial charge < -0.3 is 10.2 Å². The van der Waals surface area contributed by atoms with E-state index >= 15 is 0 Å². The van der Waals surface area contributed by atoms with E-state index in [2.05, 4.69) is 15.9 Å². The minimum atomic E-state index is -0.148. The van der Waals surface area contributed by atoms with Gasteiger partial charge in [0, 0.05) is 6.07 Å². The molecule has 1 aromatic carbocycles. The number of aromatic hydroxyl groups is 2. The van der Waals surface area contributed by atoms with Gasteiger partial charge in [0.1, 0.15) is 17.6 Å². The van der Waals surface area contributed by atoms with Gasteiger partial charge in [-0.25, -0.2) is 0 Å². The van der Waals surface area contributed by atoms with E-state index in [9.17, 15) is 0 Å². The summed E-state index contributed by atoms with van der Waals surface area (Å²) in [6.45, 7) is 0. The first kappa shape index (κ1) is 7.89. The van der Waals surface area contributed by atoms with Gasteiger partial charge in [-0.15, -0.1) is 0 Å². The fraction of sp³-hybridized carbons (Fsp3) is 0. The highest BCUT2D eigenvalue weighted by atomic mass is 79.9. The van der Waals surface area contributed by atoms with E-state index in [0.29, 0.717) is 4.47 Å². The topological polar surface area (TPSA) is 64.2 Å². The van der Waals surface area contributed by atoms with Crippen LogP contribution in [0.25, 0.3) is 0 Å². The lowest BCUT2D eigenvalue weighted by atomic mass is 10.2. The molecule has 11 heavy (non-hydrogen) atoms. The number of nitriles is 1. The molecule has 0 atom stereocenters. The molecule has 0 unspecified atom stereocenters. The molecule has 0 spiro atoms. The van der Waals surface area contributed by atoms with Crippen LogP contribution in [0.4, 0.5) is 0 Å². The lowest BCUT2D eigenvalue weighted by molar-refractivity contribution is 0.456. The quantitative estimate of drug-likeness (QED) is 0.646. The molecule has 3 nitrogen and oxygen atoms in total. The highest BCUT2D eigenvalue weighted by Crippen LogP contribution is 2.31. The summed E-state index contributed by atoms with van der Waals surface area (Å²) in [6.07, 6.45) is 0. The smallest absolute Gasteiger partial charge is 0.147 e. The molecule has 0 aliphatic rings. The molecule has 0 aliphatic heterocycles. The third kappa shape index (κ3) is 1.44. The van der Waals surface area contributed by atoms with Crippen molar-refractivity contribution in [1.29, 1.82) is 5.26 Å². The van der Waals surface area contributed by atoms with E-state index in [-0.39, 0.29) is 17.1 Å². The van der Waals surface area contributed by atoms with E-state index in [1.165, 1.54) is 12.1 Å². The summed E-state index contributed by atoms with van der Waals surface area (Å²) in [5, 5.41) is 26.5. The van der Waals surface area contributed by atoms with E-state index in [1.54, 1.807) is 6.07 Å². The first-order chi connectivity index (χ1) is 5.15. The predicted octanol–water partition coefficient (Wildman–Crippen LogP) is 1.73. The Kier molecular flexibility index (Phi) is 2.01. The Labute approximate surface area is 71.6 Å². The van der Waals surface area contributed by atoms with Crippen LogP contribution in [0, 0.1) is 11.3 Å². The zero-order valence-corrected chi connectivity index (χ0v) is 6.96. The zero-order chi connectivity index (χ0) is 8.43. The van der Waals surface area contributed by atoms with Gasteiger partial charge in [0.2, 0.25) is 0 Å². The molecule has 0 fully saturated rings. The van der Waals surface area contributed by atoms with Crippen molar-refractivity contribution in [1.82, 2.24) is 0 Å². The number of phenols is 2. The summed E-state index contributed by atoms with van der Waals surface area (Å²) in [7, 11) is 0. The molecule has 0 amide bonds. The molecular formula is C7H4BrNO2. The van der Waals surface area contributed by atoms with Gasteiger partial charge in [-0.3, -0.25) is 0 Å². The standard InChI is InChI=1S/C7H4BrNO2/c8-6-2-5(10)1-4(3-9)7(6)11/h1-2,10-11H. The van der Waals surface area contributed by atoms with Crippen molar-refractivity contribution in [2.45, 2.75) is 0 Å². The van der Waals surface area contributed by atoms with Crippen molar-refractivity contribution >= 4 is 15.9 Å². The van der Waals surface area contributed by atoms with Crippen LogP contribution >= 0.6 is 15.9 Å². The summed E-state index contributed by atoms with van der Waals surface area (Å²) in [5.41, 5.74) is 0.0527. The van der Waals surface area contributed by atoms with Crippen LogP contribution in [0.1, 0.15) is 5.56 Å². The summed E-state index contributed by atoms with van der Waals surface area (Å²) < 4.78 is 0.314. The zero-order valence-electron chi connectivity index (χ0n) is 5.37. The Morgan fingerprint density at radius 1 is 1.36 bits per heavy atom. The van der Waals surface area contributed by atoms with Crippen LogP contribution in [0.15, 0.2) is 16.6 Å². The van der Waals surface area contributed by atoms with Gasteiger partial charge in [0.05, 0.1) is 10.0 Å². The van der Waals surface area contributed by atoms with Crippen LogP contribution in [0.2, 0.25) is 0 Å². The SMILES string of the molecule is N#Cc1cc(O)cc(Br)c1O. The normalized spacial score (nSPS) is 9.09. The maximum absolute atomic E-state index is 9.14. The molecule has 56 valence electrons. The monoisotopic (exact) mass is 213 g/mol. The highest BCUT2D eigenvalue weighted by molar-refractivity contribution is 9.10. The molecule has 1 rings (SSSR count). The van der Waals surface area contributed by atoms with Gasteiger partial charge in [-0.2, -0.15) is 5.26 Å². The predicted molar refractivity (Wildman–Crippen MR) is 42.2 cm³/mol. The van der Waals surface area contributed by atoms with Crippen molar-refractivity contribution in [3.8, 4) is 17.6 Å². The summed E-state index contributed by atoms with van der Waals surface area (Å²) >= 11 is 2.98. The molecule has 0 saturated heterocycles. The fourth-order valence-corrected chi connectivity index (χ4v) is 1.12. The average molecular weight is 214 g/mol. The maximum Gasteiger partial charge on any atom is 0.147 e. The van der Waals surface area contributed by atoms with Crippen LogP contribution < -0.4 is 0 Å². The van der Waals surface area contributed by atoms with E-state index in [0.717, 1.165) is 0 Å². The van der Waals surface area contributed by atoms with Gasteiger partial charge in [-0.1, -0.05) is 0 Å². The first-order valence-corrected chi connectivity index (χ1v) is 3.56. The third-order valence-corrected chi connectivity index (χ3v) is 1.77. The number of hydrogen-bond donors (Lipinski definition) is 2. The molecule has 0 radical (unpaired) electrons. The molecular weight excluding hydrogens is 210 g/mol. The molecule has 0 bridgehead atoms. The second-order valence-electron chi connectivity index (χ2n) is 1.94. The number of hydrogen-bond acceptors (Lipinski definition) is 3. The Hall–Kier alpha value is -1.21. The van der Waals surface area contributed by atoms with Gasteiger partial charge in [-0.05, 0) is 22.0 Å². The number of rotatable bonds is 0. The molecule has 2 N–H and O–H groups in total. The van der Waals surface area contributed by atoms with Crippen molar-refractivity contribution in [3.63, 3.8) is 0 Å². The maximum atomic E-state index is 9.14. The van der Waals surface area contributed by atoms with Crippen LogP contribution in [0.3, 0.4) is 0 Å². The average Bonchev–Trinajstić information content (AvgIpc) is 1.96. The summed E-state index contributed by atoms with van der Waals surface area (Å²) in [4.78, 5) is 0. The van der Waals surface area contributed by atoms with Crippen LogP contribution in [-0.2, 0) is 0 Å². The summed E-state index contributed by atoms with van der Waals surface area (Å²) in [6, 6.07) is 4.25. The molecule has 4 heteroatoms. The van der Waals surface area contributed by atoms with E-state index < -0.39 is 0 Å². The Morgan fingerprint density at radius 3 is 2.55 bits per heavy atom. The number of phenolic OH excluding ortho intramolecular Hbond substituents is 2. The van der Waals surface area contributed by atoms with Gasteiger partial charge in [0.25, 0.3) is 0 Å². The molecule has 0 saturated carbocycles. The second-order valence-corrected chi connectivity index (χ2v) is 2.79. The molecule has 0 aromatic heterocycles. The van der Waals surface area contributed by atoms with E-state index in [1.807, 2.05) is 0 Å². The number of halogens is 1. The second kappa shape index (κ2) is 2.81. The van der Waals surface area contributed by atoms with E-state index in [4.69, 9.17) is 15.5 Å². The molecule has 1 aromatic rings. The number of nitrogens with zero attached hydrogens (tertiary/aromatic N) is 1. The Bertz CT molecular complexity index is 330. The molecule has 0 aliphatic carbocycles.